The van der Waals surface area contributed by atoms with Crippen molar-refractivity contribution < 1.29 is 4.92 Å². The molecule has 0 unspecified atom stereocenters. The molecule has 0 fully saturated rings. The topological polar surface area (TPSA) is 43.1 Å². The molecule has 0 amide bonds. The third-order valence-electron chi connectivity index (χ3n) is 1.56. The second-order valence-corrected chi connectivity index (χ2v) is 2.54. The lowest BCUT2D eigenvalue weighted by Gasteiger charge is -1.95. The van der Waals surface area contributed by atoms with E-state index in [0.29, 0.717) is 0 Å². The van der Waals surface area contributed by atoms with Crippen molar-refractivity contribution >= 4 is 5.69 Å². The predicted octanol–water partition coefficient (Wildman–Crippen LogP) is 2.72. The van der Waals surface area contributed by atoms with E-state index >= 15 is 0 Å². The number of hydrogen-bond acceptors (Lipinski definition) is 2. The average Bonchev–Trinajstić information content (AvgIpc) is 2.15. The lowest BCUT2D eigenvalue weighted by molar-refractivity contribution is -0.384. The summed E-state index contributed by atoms with van der Waals surface area (Å²) in [6.45, 7) is 1.90. The Morgan fingerprint density at radius 3 is 2.85 bits per heavy atom. The van der Waals surface area contributed by atoms with Gasteiger partial charge < -0.3 is 0 Å². The molecule has 1 rings (SSSR count). The summed E-state index contributed by atoms with van der Waals surface area (Å²) in [6, 6.07) is 6.52. The monoisotopic (exact) mass is 176 g/mol. The SMILES string of the molecule is C/C=C/[CH]c1cccc([N+](=O)[O-])c1. The quantitative estimate of drug-likeness (QED) is 0.525. The van der Waals surface area contributed by atoms with Crippen LogP contribution in [0.15, 0.2) is 36.4 Å². The first kappa shape index (κ1) is 9.45. The van der Waals surface area contributed by atoms with E-state index in [0.717, 1.165) is 5.56 Å². The molecule has 3 nitrogen and oxygen atoms in total. The number of benzene rings is 1. The number of rotatable bonds is 3. The predicted molar refractivity (Wildman–Crippen MR) is 51.3 cm³/mol. The van der Waals surface area contributed by atoms with Gasteiger partial charge in [0.05, 0.1) is 4.92 Å². The fraction of sp³-hybridized carbons (Fsp3) is 0.100. The van der Waals surface area contributed by atoms with E-state index in [1.807, 2.05) is 31.6 Å². The van der Waals surface area contributed by atoms with Gasteiger partial charge in [0.25, 0.3) is 5.69 Å². The standard InChI is InChI=1S/C10H10NO2/c1-2-3-5-9-6-4-7-10(8-9)11(12)13/h2-8H,1H3/b3-2+. The summed E-state index contributed by atoms with van der Waals surface area (Å²) in [5, 5.41) is 10.4. The zero-order chi connectivity index (χ0) is 9.68. The highest BCUT2D eigenvalue weighted by molar-refractivity contribution is 5.39. The summed E-state index contributed by atoms with van der Waals surface area (Å²) in [4.78, 5) is 10.0. The molecule has 0 bridgehead atoms. The van der Waals surface area contributed by atoms with Crippen LogP contribution < -0.4 is 0 Å². The summed E-state index contributed by atoms with van der Waals surface area (Å²) >= 11 is 0. The lowest BCUT2D eigenvalue weighted by Crippen LogP contribution is -1.88. The Morgan fingerprint density at radius 2 is 2.23 bits per heavy atom. The van der Waals surface area contributed by atoms with Gasteiger partial charge in [0, 0.05) is 18.6 Å². The van der Waals surface area contributed by atoms with Gasteiger partial charge in [-0.15, -0.1) is 0 Å². The molecule has 0 aliphatic rings. The Balaban J connectivity index is 2.85. The molecule has 0 aliphatic carbocycles. The second-order valence-electron chi connectivity index (χ2n) is 2.54. The highest BCUT2D eigenvalue weighted by atomic mass is 16.6. The molecular formula is C10H10NO2. The van der Waals surface area contributed by atoms with Crippen LogP contribution in [0.5, 0.6) is 0 Å². The smallest absolute Gasteiger partial charge is 0.258 e. The van der Waals surface area contributed by atoms with Crippen LogP contribution in [0.4, 0.5) is 5.69 Å². The first-order chi connectivity index (χ1) is 6.24. The minimum Gasteiger partial charge on any atom is -0.258 e. The fourth-order valence-electron chi connectivity index (χ4n) is 0.949. The highest BCUT2D eigenvalue weighted by Crippen LogP contribution is 2.14. The zero-order valence-electron chi connectivity index (χ0n) is 7.31. The first-order valence-corrected chi connectivity index (χ1v) is 3.94. The normalized spacial score (nSPS) is 10.5. The number of allylic oxidation sites excluding steroid dienone is 2. The van der Waals surface area contributed by atoms with Crippen LogP contribution in [0.25, 0.3) is 0 Å². The van der Waals surface area contributed by atoms with Crippen molar-refractivity contribution in [2.45, 2.75) is 6.92 Å². The summed E-state index contributed by atoms with van der Waals surface area (Å²) < 4.78 is 0. The molecule has 13 heavy (non-hydrogen) atoms. The van der Waals surface area contributed by atoms with Gasteiger partial charge in [0.15, 0.2) is 0 Å². The molecular weight excluding hydrogens is 166 g/mol. The van der Waals surface area contributed by atoms with E-state index in [9.17, 15) is 10.1 Å². The third kappa shape index (κ3) is 2.71. The van der Waals surface area contributed by atoms with Gasteiger partial charge in [0.1, 0.15) is 0 Å². The maximum Gasteiger partial charge on any atom is 0.269 e. The zero-order valence-corrected chi connectivity index (χ0v) is 7.31. The van der Waals surface area contributed by atoms with Crippen molar-refractivity contribution in [1.29, 1.82) is 0 Å². The molecule has 0 aliphatic heterocycles. The molecule has 3 heteroatoms. The summed E-state index contributed by atoms with van der Waals surface area (Å²) in [5.74, 6) is 0. The molecule has 1 radical (unpaired) electrons. The van der Waals surface area contributed by atoms with E-state index in [2.05, 4.69) is 0 Å². The van der Waals surface area contributed by atoms with Gasteiger partial charge in [-0.25, -0.2) is 0 Å². The van der Waals surface area contributed by atoms with E-state index < -0.39 is 4.92 Å². The van der Waals surface area contributed by atoms with Crippen molar-refractivity contribution in [3.05, 3.63) is 58.5 Å². The van der Waals surface area contributed by atoms with Crippen LogP contribution in [0.2, 0.25) is 0 Å². The lowest BCUT2D eigenvalue weighted by atomic mass is 10.1. The molecule has 67 valence electrons. The van der Waals surface area contributed by atoms with Crippen LogP contribution >= 0.6 is 0 Å². The minimum absolute atomic E-state index is 0.123. The molecule has 1 aromatic rings. The maximum atomic E-state index is 10.4. The van der Waals surface area contributed by atoms with Crippen LogP contribution in [0.3, 0.4) is 0 Å². The van der Waals surface area contributed by atoms with Crippen LogP contribution in [0.1, 0.15) is 12.5 Å². The maximum absolute atomic E-state index is 10.4. The molecule has 0 aromatic heterocycles. The molecule has 0 saturated carbocycles. The highest BCUT2D eigenvalue weighted by Gasteiger charge is 2.03. The summed E-state index contributed by atoms with van der Waals surface area (Å²) in [7, 11) is 0. The average molecular weight is 176 g/mol. The number of nitrogens with zero attached hydrogens (tertiary/aromatic N) is 1. The van der Waals surface area contributed by atoms with Gasteiger partial charge in [-0.1, -0.05) is 24.3 Å². The van der Waals surface area contributed by atoms with Gasteiger partial charge in [-0.3, -0.25) is 10.1 Å². The Labute approximate surface area is 76.9 Å². The molecule has 0 saturated heterocycles. The van der Waals surface area contributed by atoms with E-state index in [-0.39, 0.29) is 5.69 Å². The number of nitro benzene ring substituents is 1. The number of non-ortho nitro benzene ring substituents is 1. The van der Waals surface area contributed by atoms with Crippen molar-refractivity contribution in [3.63, 3.8) is 0 Å². The third-order valence-corrected chi connectivity index (χ3v) is 1.56. The van der Waals surface area contributed by atoms with E-state index in [1.54, 1.807) is 12.1 Å². The van der Waals surface area contributed by atoms with Crippen LogP contribution in [0, 0.1) is 16.5 Å². The van der Waals surface area contributed by atoms with Crippen molar-refractivity contribution in [2.75, 3.05) is 0 Å². The molecule has 1 aromatic carbocycles. The molecule has 0 heterocycles. The minimum atomic E-state index is -0.396. The van der Waals surface area contributed by atoms with Crippen LogP contribution in [-0.2, 0) is 0 Å². The largest absolute Gasteiger partial charge is 0.269 e. The molecule has 0 spiro atoms. The van der Waals surface area contributed by atoms with Crippen LogP contribution in [-0.4, -0.2) is 4.92 Å². The first-order valence-electron chi connectivity index (χ1n) is 3.94. The van der Waals surface area contributed by atoms with Gasteiger partial charge >= 0.3 is 0 Å². The Hall–Kier alpha value is -1.64. The van der Waals surface area contributed by atoms with E-state index in [4.69, 9.17) is 0 Å². The summed E-state index contributed by atoms with van der Waals surface area (Å²) in [6.07, 6.45) is 5.55. The van der Waals surface area contributed by atoms with Crippen molar-refractivity contribution in [2.24, 2.45) is 0 Å². The molecule has 0 atom stereocenters. The number of nitro groups is 1. The Kier molecular flexibility index (Phi) is 3.20. The summed E-state index contributed by atoms with van der Waals surface area (Å²) in [5.41, 5.74) is 0.963. The van der Waals surface area contributed by atoms with E-state index in [1.165, 1.54) is 6.07 Å². The number of hydrogen-bond donors (Lipinski definition) is 0. The van der Waals surface area contributed by atoms with Crippen molar-refractivity contribution in [3.8, 4) is 0 Å². The Bertz CT molecular complexity index is 331. The molecule has 0 N–H and O–H groups in total. The van der Waals surface area contributed by atoms with Gasteiger partial charge in [0.2, 0.25) is 0 Å². The fourth-order valence-corrected chi connectivity index (χ4v) is 0.949. The second kappa shape index (κ2) is 4.40. The van der Waals surface area contributed by atoms with Gasteiger partial charge in [-0.2, -0.15) is 0 Å². The van der Waals surface area contributed by atoms with Gasteiger partial charge in [-0.05, 0) is 12.5 Å². The van der Waals surface area contributed by atoms with Crippen molar-refractivity contribution in [1.82, 2.24) is 0 Å². The Morgan fingerprint density at radius 1 is 1.46 bits per heavy atom.